The van der Waals surface area contributed by atoms with E-state index in [9.17, 15) is 0 Å². The Morgan fingerprint density at radius 1 is 0.722 bits per heavy atom. The van der Waals surface area contributed by atoms with Gasteiger partial charge in [-0.2, -0.15) is 0 Å². The lowest BCUT2D eigenvalue weighted by molar-refractivity contribution is -0.899. The van der Waals surface area contributed by atoms with E-state index in [-0.39, 0.29) is 17.0 Å². The van der Waals surface area contributed by atoms with Crippen molar-refractivity contribution in [1.82, 2.24) is 0 Å². The highest BCUT2D eigenvalue weighted by atomic mass is 79.9. The van der Waals surface area contributed by atoms with Crippen LogP contribution in [0.25, 0.3) is 0 Å². The van der Waals surface area contributed by atoms with Crippen molar-refractivity contribution in [2.45, 2.75) is 71.6 Å². The van der Waals surface area contributed by atoms with Crippen LogP contribution < -0.4 is 17.0 Å². The third-order valence-electron chi connectivity index (χ3n) is 3.64. The van der Waals surface area contributed by atoms with Gasteiger partial charge < -0.3 is 21.5 Å². The molecule has 0 amide bonds. The van der Waals surface area contributed by atoms with Crippen molar-refractivity contribution in [1.29, 1.82) is 0 Å². The highest BCUT2D eigenvalue weighted by Crippen LogP contribution is 2.13. The summed E-state index contributed by atoms with van der Waals surface area (Å²) in [4.78, 5) is 0. The minimum Gasteiger partial charge on any atom is -1.00 e. The lowest BCUT2D eigenvalue weighted by Gasteiger charge is -2.32. The Bertz CT molecular complexity index is 167. The molecule has 0 rings (SSSR count). The lowest BCUT2D eigenvalue weighted by Crippen LogP contribution is -3.00. The minimum atomic E-state index is 0. The van der Waals surface area contributed by atoms with Crippen molar-refractivity contribution >= 4 is 11.6 Å². The maximum Gasteiger partial charge on any atom is 0.154 e. The third kappa shape index (κ3) is 11.8. The molecule has 0 fully saturated rings. The normalized spacial score (nSPS) is 14.0. The molecule has 0 aliphatic carbocycles. The van der Waals surface area contributed by atoms with E-state index in [4.69, 9.17) is 11.6 Å². The average molecular weight is 343 g/mol. The van der Waals surface area contributed by atoms with Gasteiger partial charge in [0.1, 0.15) is 0 Å². The van der Waals surface area contributed by atoms with E-state index in [1.807, 2.05) is 0 Å². The second kappa shape index (κ2) is 14.1. The number of unbranched alkanes of at least 4 members (excludes halogenated alkanes) is 7. The van der Waals surface area contributed by atoms with Crippen LogP contribution in [0.15, 0.2) is 0 Å². The van der Waals surface area contributed by atoms with Gasteiger partial charge in [-0.3, -0.25) is 0 Å². The van der Waals surface area contributed by atoms with Gasteiger partial charge in [0.2, 0.25) is 0 Å². The summed E-state index contributed by atoms with van der Waals surface area (Å²) >= 11 is 6.13. The van der Waals surface area contributed by atoms with Crippen LogP contribution in [-0.2, 0) is 0 Å². The SMILES string of the molecule is CCCCCCC[N+](C)(CCl)CCCCCC.[Br-]. The zero-order chi connectivity index (χ0) is 13.0. The highest BCUT2D eigenvalue weighted by Gasteiger charge is 2.18. The molecule has 0 bridgehead atoms. The van der Waals surface area contributed by atoms with Crippen molar-refractivity contribution in [2.24, 2.45) is 0 Å². The van der Waals surface area contributed by atoms with Crippen molar-refractivity contribution in [3.8, 4) is 0 Å². The summed E-state index contributed by atoms with van der Waals surface area (Å²) in [5.41, 5.74) is 0. The van der Waals surface area contributed by atoms with Crippen LogP contribution in [0.4, 0.5) is 0 Å². The molecule has 1 unspecified atom stereocenters. The topological polar surface area (TPSA) is 0 Å². The average Bonchev–Trinajstić information content (AvgIpc) is 2.34. The van der Waals surface area contributed by atoms with Crippen molar-refractivity contribution in [2.75, 3.05) is 26.1 Å². The molecule has 1 nitrogen and oxygen atoms in total. The van der Waals surface area contributed by atoms with E-state index in [0.717, 1.165) is 10.5 Å². The second-order valence-corrected chi connectivity index (χ2v) is 5.90. The van der Waals surface area contributed by atoms with Gasteiger partial charge in [0.25, 0.3) is 0 Å². The van der Waals surface area contributed by atoms with Gasteiger partial charge in [0.15, 0.2) is 6.00 Å². The van der Waals surface area contributed by atoms with Gasteiger partial charge in [-0.25, -0.2) is 0 Å². The number of rotatable bonds is 12. The highest BCUT2D eigenvalue weighted by molar-refractivity contribution is 6.16. The first-order chi connectivity index (χ1) is 8.18. The molecule has 0 heterocycles. The zero-order valence-electron chi connectivity index (χ0n) is 12.7. The minimum absolute atomic E-state index is 0. The summed E-state index contributed by atoms with van der Waals surface area (Å²) in [6, 6.07) is 0.778. The van der Waals surface area contributed by atoms with Crippen LogP contribution in [0, 0.1) is 0 Å². The van der Waals surface area contributed by atoms with Crippen molar-refractivity contribution in [3.63, 3.8) is 0 Å². The Morgan fingerprint density at radius 3 is 1.50 bits per heavy atom. The molecule has 0 radical (unpaired) electrons. The van der Waals surface area contributed by atoms with Crippen molar-refractivity contribution in [3.05, 3.63) is 0 Å². The second-order valence-electron chi connectivity index (χ2n) is 5.66. The molecular weight excluding hydrogens is 310 g/mol. The molecular formula is C15H33BrClN. The number of alkyl halides is 1. The third-order valence-corrected chi connectivity index (χ3v) is 4.22. The van der Waals surface area contributed by atoms with Gasteiger partial charge in [-0.15, -0.1) is 0 Å². The largest absolute Gasteiger partial charge is 1.00 e. The maximum atomic E-state index is 6.13. The Balaban J connectivity index is 0. The molecule has 0 aliphatic heterocycles. The first-order valence-corrected chi connectivity index (χ1v) is 8.11. The standard InChI is InChI=1S/C15H33ClN.BrH/c1-4-6-8-10-12-14-17(3,15-16)13-11-9-7-5-2;/h4-15H2,1-3H3;1H/q+1;/p-1. The monoisotopic (exact) mass is 341 g/mol. The number of halogens is 2. The van der Waals surface area contributed by atoms with Gasteiger partial charge in [-0.05, 0) is 25.7 Å². The van der Waals surface area contributed by atoms with E-state index in [2.05, 4.69) is 20.9 Å². The quantitative estimate of drug-likeness (QED) is 0.221. The fourth-order valence-corrected chi connectivity index (χ4v) is 2.49. The fourth-order valence-electron chi connectivity index (χ4n) is 2.25. The van der Waals surface area contributed by atoms with E-state index >= 15 is 0 Å². The van der Waals surface area contributed by atoms with Gasteiger partial charge >= 0.3 is 0 Å². The maximum absolute atomic E-state index is 6.13. The van der Waals surface area contributed by atoms with Crippen LogP contribution in [0.5, 0.6) is 0 Å². The van der Waals surface area contributed by atoms with Crippen LogP contribution >= 0.6 is 11.6 Å². The summed E-state index contributed by atoms with van der Waals surface area (Å²) in [5.74, 6) is 0. The molecule has 0 spiro atoms. The number of hydrogen-bond donors (Lipinski definition) is 0. The molecule has 0 N–H and O–H groups in total. The molecule has 3 heteroatoms. The molecule has 18 heavy (non-hydrogen) atoms. The summed E-state index contributed by atoms with van der Waals surface area (Å²) < 4.78 is 1.07. The first kappa shape index (κ1) is 21.0. The molecule has 0 saturated carbocycles. The molecule has 0 aliphatic rings. The van der Waals surface area contributed by atoms with Gasteiger partial charge in [0, 0.05) is 0 Å². The molecule has 112 valence electrons. The summed E-state index contributed by atoms with van der Waals surface area (Å²) in [5, 5.41) is 0. The summed E-state index contributed by atoms with van der Waals surface area (Å²) in [7, 11) is 2.32. The van der Waals surface area contributed by atoms with Gasteiger partial charge in [0.05, 0.1) is 20.1 Å². The smallest absolute Gasteiger partial charge is 0.154 e. The Hall–Kier alpha value is 0.730. The van der Waals surface area contributed by atoms with E-state index in [1.54, 1.807) is 0 Å². The fraction of sp³-hybridized carbons (Fsp3) is 1.00. The van der Waals surface area contributed by atoms with Crippen molar-refractivity contribution < 1.29 is 21.5 Å². The molecule has 0 aromatic carbocycles. The Labute approximate surface area is 131 Å². The number of quaternary nitrogens is 1. The van der Waals surface area contributed by atoms with Crippen LogP contribution in [0.1, 0.15) is 71.6 Å². The Morgan fingerprint density at radius 2 is 1.11 bits per heavy atom. The Kier molecular flexibility index (Phi) is 16.5. The van der Waals surface area contributed by atoms with E-state index < -0.39 is 0 Å². The molecule has 0 saturated heterocycles. The summed E-state index contributed by atoms with van der Waals surface area (Å²) in [6.45, 7) is 7.06. The predicted octanol–water partition coefficient (Wildman–Crippen LogP) is 2.18. The lowest BCUT2D eigenvalue weighted by atomic mass is 10.1. The van der Waals surface area contributed by atoms with Crippen LogP contribution in [0.2, 0.25) is 0 Å². The zero-order valence-corrected chi connectivity index (χ0v) is 15.0. The molecule has 0 aromatic rings. The number of hydrogen-bond acceptors (Lipinski definition) is 0. The predicted molar refractivity (Wildman–Crippen MR) is 79.5 cm³/mol. The number of nitrogens with zero attached hydrogens (tertiary/aromatic N) is 1. The summed E-state index contributed by atoms with van der Waals surface area (Å²) in [6.07, 6.45) is 12.3. The van der Waals surface area contributed by atoms with E-state index in [0.29, 0.717) is 0 Å². The molecule has 0 aromatic heterocycles. The van der Waals surface area contributed by atoms with Gasteiger partial charge in [-0.1, -0.05) is 57.6 Å². The van der Waals surface area contributed by atoms with E-state index in [1.165, 1.54) is 70.9 Å². The van der Waals surface area contributed by atoms with Crippen LogP contribution in [0.3, 0.4) is 0 Å². The van der Waals surface area contributed by atoms with Crippen LogP contribution in [-0.4, -0.2) is 30.6 Å². The first-order valence-electron chi connectivity index (χ1n) is 7.58. The molecule has 1 atom stereocenters.